The Hall–Kier alpha value is -2.09. The number of nitrogens with two attached hydrogens (primary N) is 1. The number of alkyl halides is 3. The molecule has 0 aliphatic heterocycles. The highest BCUT2D eigenvalue weighted by molar-refractivity contribution is 5.86. The lowest BCUT2D eigenvalue weighted by Gasteiger charge is -2.15. The standard InChI is InChI=1S/C14H17F3N2O3/c1-8(2)12(18)13(21)19-7-11(20)22-10-6-4-3-5-9(10)14(15,16)17/h3-6,8,12H,7,18H2,1-2H3,(H,19,21)/t12-/m0/s1. The second-order valence-corrected chi connectivity index (χ2v) is 4.96. The Balaban J connectivity index is 2.66. The summed E-state index contributed by atoms with van der Waals surface area (Å²) < 4.78 is 42.8. The summed E-state index contributed by atoms with van der Waals surface area (Å²) in [6, 6.07) is 3.52. The van der Waals surface area contributed by atoms with E-state index in [4.69, 9.17) is 5.73 Å². The van der Waals surface area contributed by atoms with Crippen LogP contribution in [0.2, 0.25) is 0 Å². The number of halogens is 3. The Morgan fingerprint density at radius 3 is 2.41 bits per heavy atom. The van der Waals surface area contributed by atoms with Crippen LogP contribution in [-0.4, -0.2) is 24.5 Å². The molecule has 0 saturated carbocycles. The molecule has 0 unspecified atom stereocenters. The van der Waals surface area contributed by atoms with Crippen LogP contribution in [0.4, 0.5) is 13.2 Å². The van der Waals surface area contributed by atoms with Crippen LogP contribution in [0.1, 0.15) is 19.4 Å². The number of hydrogen-bond donors (Lipinski definition) is 2. The Bertz CT molecular complexity index is 544. The van der Waals surface area contributed by atoms with Crippen LogP contribution in [0.5, 0.6) is 5.75 Å². The summed E-state index contributed by atoms with van der Waals surface area (Å²) in [6.45, 7) is 2.88. The Kier molecular flexibility index (Phi) is 5.92. The normalized spacial score (nSPS) is 12.9. The van der Waals surface area contributed by atoms with Gasteiger partial charge in [-0.2, -0.15) is 13.2 Å². The average molecular weight is 318 g/mol. The number of carbonyl (C=O) groups excluding carboxylic acids is 2. The maximum absolute atomic E-state index is 12.7. The molecule has 122 valence electrons. The van der Waals surface area contributed by atoms with Gasteiger partial charge in [0.15, 0.2) is 0 Å². The Labute approximate surface area is 125 Å². The summed E-state index contributed by atoms with van der Waals surface area (Å²) in [5.41, 5.74) is 4.51. The zero-order valence-corrected chi connectivity index (χ0v) is 12.1. The van der Waals surface area contributed by atoms with E-state index in [0.717, 1.165) is 12.1 Å². The highest BCUT2D eigenvalue weighted by Crippen LogP contribution is 2.35. The van der Waals surface area contributed by atoms with Crippen LogP contribution in [0.25, 0.3) is 0 Å². The topological polar surface area (TPSA) is 81.4 Å². The molecule has 0 bridgehead atoms. The SMILES string of the molecule is CC(C)[C@H](N)C(=O)NCC(=O)Oc1ccccc1C(F)(F)F. The van der Waals surface area contributed by atoms with Gasteiger partial charge in [0.2, 0.25) is 5.91 Å². The van der Waals surface area contributed by atoms with Crippen LogP contribution in [0.3, 0.4) is 0 Å². The first kappa shape index (κ1) is 18.0. The molecular weight excluding hydrogens is 301 g/mol. The quantitative estimate of drug-likeness (QED) is 0.640. The van der Waals surface area contributed by atoms with Crippen molar-refractivity contribution in [2.75, 3.05) is 6.54 Å². The first-order valence-corrected chi connectivity index (χ1v) is 6.53. The van der Waals surface area contributed by atoms with Gasteiger partial charge in [0.1, 0.15) is 12.3 Å². The first-order valence-electron chi connectivity index (χ1n) is 6.53. The van der Waals surface area contributed by atoms with Crippen LogP contribution in [0.15, 0.2) is 24.3 Å². The lowest BCUT2D eigenvalue weighted by Crippen LogP contribution is -2.46. The van der Waals surface area contributed by atoms with Crippen molar-refractivity contribution in [1.82, 2.24) is 5.32 Å². The predicted octanol–water partition coefficient (Wildman–Crippen LogP) is 1.71. The van der Waals surface area contributed by atoms with E-state index in [-0.39, 0.29) is 5.92 Å². The van der Waals surface area contributed by atoms with Gasteiger partial charge in [0, 0.05) is 0 Å². The molecule has 1 rings (SSSR count). The van der Waals surface area contributed by atoms with Gasteiger partial charge in [0.25, 0.3) is 0 Å². The van der Waals surface area contributed by atoms with Crippen LogP contribution in [-0.2, 0) is 15.8 Å². The van der Waals surface area contributed by atoms with Crippen molar-refractivity contribution in [2.45, 2.75) is 26.1 Å². The third-order valence-corrected chi connectivity index (χ3v) is 2.84. The van der Waals surface area contributed by atoms with Crippen molar-refractivity contribution in [3.8, 4) is 5.75 Å². The summed E-state index contributed by atoms with van der Waals surface area (Å²) in [6.07, 6.45) is -4.64. The molecule has 1 atom stereocenters. The molecule has 0 fully saturated rings. The number of amides is 1. The van der Waals surface area contributed by atoms with Gasteiger partial charge in [-0.1, -0.05) is 26.0 Å². The smallest absolute Gasteiger partial charge is 0.419 e. The molecule has 0 aliphatic rings. The average Bonchev–Trinajstić information content (AvgIpc) is 2.43. The number of carbonyl (C=O) groups is 2. The summed E-state index contributed by atoms with van der Waals surface area (Å²) in [5, 5.41) is 2.22. The fraction of sp³-hybridized carbons (Fsp3) is 0.429. The molecular formula is C14H17F3N2O3. The van der Waals surface area contributed by atoms with E-state index in [2.05, 4.69) is 10.1 Å². The molecule has 3 N–H and O–H groups in total. The summed E-state index contributed by atoms with van der Waals surface area (Å²) in [4.78, 5) is 23.1. The molecule has 0 radical (unpaired) electrons. The fourth-order valence-electron chi connectivity index (χ4n) is 1.53. The van der Waals surface area contributed by atoms with Crippen molar-refractivity contribution >= 4 is 11.9 Å². The van der Waals surface area contributed by atoms with Crippen molar-refractivity contribution in [2.24, 2.45) is 11.7 Å². The maximum Gasteiger partial charge on any atom is 0.419 e. The first-order chi connectivity index (χ1) is 10.1. The zero-order valence-electron chi connectivity index (χ0n) is 12.1. The second-order valence-electron chi connectivity index (χ2n) is 4.96. The van der Waals surface area contributed by atoms with E-state index >= 15 is 0 Å². The van der Waals surface area contributed by atoms with E-state index in [1.54, 1.807) is 13.8 Å². The minimum atomic E-state index is -4.64. The van der Waals surface area contributed by atoms with Crippen molar-refractivity contribution in [3.05, 3.63) is 29.8 Å². The highest BCUT2D eigenvalue weighted by Gasteiger charge is 2.34. The molecule has 0 aliphatic carbocycles. The minimum Gasteiger partial charge on any atom is -0.425 e. The van der Waals surface area contributed by atoms with E-state index in [0.29, 0.717) is 0 Å². The Morgan fingerprint density at radius 2 is 1.86 bits per heavy atom. The second kappa shape index (κ2) is 7.26. The third-order valence-electron chi connectivity index (χ3n) is 2.84. The number of benzene rings is 1. The number of nitrogens with one attached hydrogen (secondary N) is 1. The molecule has 0 heterocycles. The summed E-state index contributed by atoms with van der Waals surface area (Å²) in [7, 11) is 0. The van der Waals surface area contributed by atoms with Crippen molar-refractivity contribution in [3.63, 3.8) is 0 Å². The van der Waals surface area contributed by atoms with Crippen molar-refractivity contribution < 1.29 is 27.5 Å². The third kappa shape index (κ3) is 5.03. The van der Waals surface area contributed by atoms with E-state index in [1.165, 1.54) is 12.1 Å². The molecule has 8 heteroatoms. The summed E-state index contributed by atoms with van der Waals surface area (Å²) >= 11 is 0. The molecule has 0 saturated heterocycles. The highest BCUT2D eigenvalue weighted by atomic mass is 19.4. The zero-order chi connectivity index (χ0) is 16.9. The largest absolute Gasteiger partial charge is 0.425 e. The molecule has 22 heavy (non-hydrogen) atoms. The van der Waals surface area contributed by atoms with Gasteiger partial charge in [-0.15, -0.1) is 0 Å². The molecule has 1 aromatic rings. The lowest BCUT2D eigenvalue weighted by atomic mass is 10.1. The van der Waals surface area contributed by atoms with Crippen LogP contribution < -0.4 is 15.8 Å². The van der Waals surface area contributed by atoms with E-state index < -0.39 is 42.0 Å². The molecule has 1 aromatic carbocycles. The van der Waals surface area contributed by atoms with Gasteiger partial charge < -0.3 is 15.8 Å². The van der Waals surface area contributed by atoms with Gasteiger partial charge in [-0.25, -0.2) is 4.79 Å². The molecule has 0 aromatic heterocycles. The lowest BCUT2D eigenvalue weighted by molar-refractivity contribution is -0.142. The van der Waals surface area contributed by atoms with Gasteiger partial charge >= 0.3 is 12.1 Å². The molecule has 1 amide bonds. The fourth-order valence-corrected chi connectivity index (χ4v) is 1.53. The number of ether oxygens (including phenoxy) is 1. The van der Waals surface area contributed by atoms with E-state index in [9.17, 15) is 22.8 Å². The van der Waals surface area contributed by atoms with E-state index in [1.807, 2.05) is 0 Å². The van der Waals surface area contributed by atoms with Crippen molar-refractivity contribution in [1.29, 1.82) is 0 Å². The van der Waals surface area contributed by atoms with Crippen LogP contribution in [0, 0.1) is 5.92 Å². The van der Waals surface area contributed by atoms with Gasteiger partial charge in [-0.3, -0.25) is 4.79 Å². The van der Waals surface area contributed by atoms with Gasteiger partial charge in [0.05, 0.1) is 11.6 Å². The maximum atomic E-state index is 12.7. The number of esters is 1. The Morgan fingerprint density at radius 1 is 1.27 bits per heavy atom. The summed E-state index contributed by atoms with van der Waals surface area (Å²) in [5.74, 6) is -2.33. The number of hydrogen-bond acceptors (Lipinski definition) is 4. The number of para-hydroxylation sites is 1. The molecule has 0 spiro atoms. The van der Waals surface area contributed by atoms with Gasteiger partial charge in [-0.05, 0) is 18.1 Å². The monoisotopic (exact) mass is 318 g/mol. The predicted molar refractivity (Wildman–Crippen MR) is 72.9 cm³/mol. The van der Waals surface area contributed by atoms with Crippen LogP contribution >= 0.6 is 0 Å². The number of rotatable bonds is 5. The molecule has 5 nitrogen and oxygen atoms in total. The minimum absolute atomic E-state index is 0.137.